The first-order valence-electron chi connectivity index (χ1n) is 11.2. The molecule has 0 unspecified atom stereocenters. The number of fused-ring (bicyclic) bond motifs is 1. The van der Waals surface area contributed by atoms with Crippen molar-refractivity contribution >= 4 is 45.0 Å². The Morgan fingerprint density at radius 2 is 1.74 bits per heavy atom. The van der Waals surface area contributed by atoms with Crippen LogP contribution in [0, 0.1) is 0 Å². The predicted molar refractivity (Wildman–Crippen MR) is 132 cm³/mol. The van der Waals surface area contributed by atoms with Gasteiger partial charge in [-0.05, 0) is 37.5 Å². The number of thiazole rings is 1. The molecule has 1 aliphatic carbocycles. The minimum absolute atomic E-state index is 0.0661. The van der Waals surface area contributed by atoms with Gasteiger partial charge in [-0.25, -0.2) is 0 Å². The fourth-order valence-electron chi connectivity index (χ4n) is 4.54. The number of nitrogens with zero attached hydrogens (tertiary/aromatic N) is 2. The Bertz CT molecular complexity index is 1270. The molecule has 9 heteroatoms. The Hall–Kier alpha value is -2.84. The highest BCUT2D eigenvalue weighted by atomic mass is 35.5. The molecule has 0 saturated heterocycles. The quantitative estimate of drug-likeness (QED) is 0.430. The zero-order valence-electron chi connectivity index (χ0n) is 19.4. The zero-order chi connectivity index (χ0) is 24.3. The number of methoxy groups -OCH3 is 2. The van der Waals surface area contributed by atoms with Crippen molar-refractivity contribution in [3.05, 3.63) is 51.8 Å². The molecular weight excluding hydrogens is 476 g/mol. The molecule has 1 aromatic heterocycles. The molecule has 1 saturated carbocycles. The van der Waals surface area contributed by atoms with Gasteiger partial charge in [-0.1, -0.05) is 47.9 Å². The lowest BCUT2D eigenvalue weighted by molar-refractivity contribution is -0.143. The van der Waals surface area contributed by atoms with Crippen LogP contribution in [-0.2, 0) is 26.3 Å². The van der Waals surface area contributed by atoms with Crippen molar-refractivity contribution in [3.8, 4) is 11.5 Å². The van der Waals surface area contributed by atoms with Crippen LogP contribution >= 0.6 is 22.9 Å². The van der Waals surface area contributed by atoms with Crippen LogP contribution in [0.2, 0.25) is 5.02 Å². The van der Waals surface area contributed by atoms with E-state index in [1.54, 1.807) is 31.8 Å². The van der Waals surface area contributed by atoms with Gasteiger partial charge in [-0.15, -0.1) is 0 Å². The van der Waals surface area contributed by atoms with Gasteiger partial charge in [0.2, 0.25) is 0 Å². The number of carbonyl (C=O) groups excluding carboxylic acids is 2. The summed E-state index contributed by atoms with van der Waals surface area (Å²) in [6.45, 7) is 1.96. The van der Waals surface area contributed by atoms with E-state index in [4.69, 9.17) is 25.8 Å². The fourth-order valence-corrected chi connectivity index (χ4v) is 5.70. The maximum absolute atomic E-state index is 13.7. The summed E-state index contributed by atoms with van der Waals surface area (Å²) in [5.74, 6) is 0.470. The Kier molecular flexibility index (Phi) is 7.28. The van der Waals surface area contributed by atoms with E-state index in [9.17, 15) is 9.59 Å². The van der Waals surface area contributed by atoms with Crippen LogP contribution in [0.5, 0.6) is 11.5 Å². The van der Waals surface area contributed by atoms with E-state index in [2.05, 4.69) is 4.99 Å². The van der Waals surface area contributed by atoms with Gasteiger partial charge in [0.15, 0.2) is 16.3 Å². The monoisotopic (exact) mass is 502 g/mol. The summed E-state index contributed by atoms with van der Waals surface area (Å²) in [5, 5.41) is 0.626. The van der Waals surface area contributed by atoms with E-state index >= 15 is 0 Å². The molecule has 3 aromatic rings. The first kappa shape index (κ1) is 24.3. The second kappa shape index (κ2) is 10.2. The van der Waals surface area contributed by atoms with Crippen LogP contribution in [0.3, 0.4) is 0 Å². The van der Waals surface area contributed by atoms with E-state index in [1.165, 1.54) is 11.3 Å². The summed E-state index contributed by atoms with van der Waals surface area (Å²) in [6.07, 6.45) is 3.35. The lowest BCUT2D eigenvalue weighted by Crippen LogP contribution is -2.34. The van der Waals surface area contributed by atoms with E-state index in [1.807, 2.05) is 30.3 Å². The second-order valence-corrected chi connectivity index (χ2v) is 9.61. The van der Waals surface area contributed by atoms with Gasteiger partial charge in [-0.2, -0.15) is 4.99 Å². The highest BCUT2D eigenvalue weighted by Crippen LogP contribution is 2.42. The van der Waals surface area contributed by atoms with Crippen molar-refractivity contribution in [2.24, 2.45) is 4.99 Å². The molecule has 0 bridgehead atoms. The number of aromatic nitrogens is 1. The number of carbonyl (C=O) groups is 2. The fraction of sp³-hybridized carbons (Fsp3) is 0.400. The third kappa shape index (κ3) is 4.57. The number of benzene rings is 2. The molecule has 1 amide bonds. The van der Waals surface area contributed by atoms with Crippen LogP contribution in [0.25, 0.3) is 10.2 Å². The Morgan fingerprint density at radius 3 is 2.35 bits per heavy atom. The molecule has 0 N–H and O–H groups in total. The minimum Gasteiger partial charge on any atom is -0.493 e. The summed E-state index contributed by atoms with van der Waals surface area (Å²) >= 11 is 7.42. The standard InChI is InChI=1S/C25H27ClN2O5S/c1-4-33-22(29)15-28-18-13-19(31-2)20(32-3)14-21(18)34-24(28)27-23(30)25(11-5-6-12-25)16-7-9-17(26)10-8-16/h7-10,13-14H,4-6,11-12,15H2,1-3H3. The minimum atomic E-state index is -0.697. The Balaban J connectivity index is 1.87. The molecule has 1 heterocycles. The normalized spacial score (nSPS) is 15.5. The average molecular weight is 503 g/mol. The summed E-state index contributed by atoms with van der Waals surface area (Å²) in [4.78, 5) is 31.2. The lowest BCUT2D eigenvalue weighted by atomic mass is 9.78. The maximum atomic E-state index is 13.7. The van der Waals surface area contributed by atoms with Gasteiger partial charge in [0, 0.05) is 17.2 Å². The van der Waals surface area contributed by atoms with Gasteiger partial charge < -0.3 is 18.8 Å². The van der Waals surface area contributed by atoms with E-state index < -0.39 is 11.4 Å². The number of ether oxygens (including phenoxy) is 3. The van der Waals surface area contributed by atoms with E-state index in [-0.39, 0.29) is 19.1 Å². The van der Waals surface area contributed by atoms with E-state index in [0.29, 0.717) is 26.8 Å². The van der Waals surface area contributed by atoms with Gasteiger partial charge in [0.05, 0.1) is 36.5 Å². The number of hydrogen-bond acceptors (Lipinski definition) is 6. The number of amides is 1. The molecule has 0 atom stereocenters. The number of esters is 1. The van der Waals surface area contributed by atoms with Crippen LogP contribution in [-0.4, -0.2) is 37.3 Å². The summed E-state index contributed by atoms with van der Waals surface area (Å²) in [5.41, 5.74) is 0.941. The van der Waals surface area contributed by atoms with Crippen molar-refractivity contribution in [1.29, 1.82) is 0 Å². The highest BCUT2D eigenvalue weighted by molar-refractivity contribution is 7.16. The molecule has 0 spiro atoms. The van der Waals surface area contributed by atoms with Crippen LogP contribution in [0.4, 0.5) is 0 Å². The zero-order valence-corrected chi connectivity index (χ0v) is 21.0. The smallest absolute Gasteiger partial charge is 0.326 e. The molecule has 1 fully saturated rings. The Labute approximate surface area is 206 Å². The SMILES string of the molecule is CCOC(=O)Cn1c(=NC(=O)C2(c3ccc(Cl)cc3)CCCC2)sc2cc(OC)c(OC)cc21. The molecule has 34 heavy (non-hydrogen) atoms. The summed E-state index contributed by atoms with van der Waals surface area (Å²) in [6, 6.07) is 11.1. The van der Waals surface area contributed by atoms with Crippen molar-refractivity contribution < 1.29 is 23.8 Å². The highest BCUT2D eigenvalue weighted by Gasteiger charge is 2.42. The summed E-state index contributed by atoms with van der Waals surface area (Å²) in [7, 11) is 3.12. The van der Waals surface area contributed by atoms with Crippen LogP contribution in [0.15, 0.2) is 41.4 Å². The van der Waals surface area contributed by atoms with Crippen molar-refractivity contribution in [1.82, 2.24) is 4.57 Å². The number of halogens is 1. The molecule has 2 aromatic carbocycles. The van der Waals surface area contributed by atoms with Gasteiger partial charge >= 0.3 is 5.97 Å². The molecule has 7 nitrogen and oxygen atoms in total. The number of rotatable bonds is 7. The Morgan fingerprint density at radius 1 is 1.09 bits per heavy atom. The molecule has 4 rings (SSSR count). The third-order valence-electron chi connectivity index (χ3n) is 6.24. The summed E-state index contributed by atoms with van der Waals surface area (Å²) < 4.78 is 18.6. The molecule has 0 aliphatic heterocycles. The maximum Gasteiger partial charge on any atom is 0.326 e. The van der Waals surface area contributed by atoms with Crippen molar-refractivity contribution in [3.63, 3.8) is 0 Å². The van der Waals surface area contributed by atoms with Crippen molar-refractivity contribution in [2.45, 2.75) is 44.6 Å². The molecule has 1 aliphatic rings. The molecule has 180 valence electrons. The van der Waals surface area contributed by atoms with Gasteiger partial charge in [0.25, 0.3) is 5.91 Å². The number of hydrogen-bond donors (Lipinski definition) is 0. The average Bonchev–Trinajstić information content (AvgIpc) is 3.45. The first-order valence-corrected chi connectivity index (χ1v) is 12.4. The van der Waals surface area contributed by atoms with Gasteiger partial charge in [0.1, 0.15) is 6.54 Å². The topological polar surface area (TPSA) is 79.1 Å². The van der Waals surface area contributed by atoms with E-state index in [0.717, 1.165) is 35.9 Å². The predicted octanol–water partition coefficient (Wildman–Crippen LogP) is 4.88. The van der Waals surface area contributed by atoms with Crippen LogP contribution in [0.1, 0.15) is 38.2 Å². The molecular formula is C25H27ClN2O5S. The first-order chi connectivity index (χ1) is 16.4. The molecule has 0 radical (unpaired) electrons. The largest absolute Gasteiger partial charge is 0.493 e. The second-order valence-electron chi connectivity index (χ2n) is 8.16. The van der Waals surface area contributed by atoms with Crippen LogP contribution < -0.4 is 14.3 Å². The third-order valence-corrected chi connectivity index (χ3v) is 7.53. The lowest BCUT2D eigenvalue weighted by Gasteiger charge is -2.25. The van der Waals surface area contributed by atoms with Crippen molar-refractivity contribution in [2.75, 3.05) is 20.8 Å². The van der Waals surface area contributed by atoms with Gasteiger partial charge in [-0.3, -0.25) is 9.59 Å².